The van der Waals surface area contributed by atoms with E-state index in [1.54, 1.807) is 30.7 Å². The first-order valence-corrected chi connectivity index (χ1v) is 9.84. The Hall–Kier alpha value is -3.13. The minimum absolute atomic E-state index is 0.0535. The van der Waals surface area contributed by atoms with Gasteiger partial charge >= 0.3 is 0 Å². The molecule has 0 spiro atoms. The highest BCUT2D eigenvalue weighted by molar-refractivity contribution is 7.13. The van der Waals surface area contributed by atoms with Crippen LogP contribution in [0.4, 0.5) is 5.69 Å². The highest BCUT2D eigenvalue weighted by atomic mass is 32.1. The molecule has 1 aromatic carbocycles. The van der Waals surface area contributed by atoms with Crippen molar-refractivity contribution in [1.82, 2.24) is 20.3 Å². The summed E-state index contributed by atoms with van der Waals surface area (Å²) >= 11 is 1.45. The number of carbonyl (C=O) groups excluding carboxylic acids is 2. The van der Waals surface area contributed by atoms with Crippen molar-refractivity contribution in [2.75, 3.05) is 5.32 Å². The molecule has 144 valence electrons. The molecule has 0 unspecified atom stereocenters. The van der Waals surface area contributed by atoms with Crippen molar-refractivity contribution in [3.8, 4) is 10.7 Å². The van der Waals surface area contributed by atoms with Crippen molar-refractivity contribution in [1.29, 1.82) is 0 Å². The van der Waals surface area contributed by atoms with E-state index < -0.39 is 0 Å². The Morgan fingerprint density at radius 1 is 1.21 bits per heavy atom. The van der Waals surface area contributed by atoms with Crippen LogP contribution in [0.15, 0.2) is 42.2 Å². The maximum atomic E-state index is 12.5. The number of hydrogen-bond acceptors (Lipinski definition) is 6. The topological polar surface area (TPSA) is 96.9 Å². The highest BCUT2D eigenvalue weighted by Crippen LogP contribution is 2.21. The zero-order valence-electron chi connectivity index (χ0n) is 15.7. The second-order valence-electron chi connectivity index (χ2n) is 6.25. The van der Waals surface area contributed by atoms with Crippen LogP contribution in [-0.2, 0) is 11.3 Å². The van der Waals surface area contributed by atoms with E-state index in [1.165, 1.54) is 11.3 Å². The molecule has 0 aliphatic carbocycles. The minimum atomic E-state index is -0.222. The van der Waals surface area contributed by atoms with Gasteiger partial charge in [0.2, 0.25) is 5.91 Å². The average molecular weight is 395 g/mol. The van der Waals surface area contributed by atoms with E-state index in [2.05, 4.69) is 25.6 Å². The minimum Gasteiger partial charge on any atom is -0.346 e. The van der Waals surface area contributed by atoms with E-state index in [4.69, 9.17) is 0 Å². The molecule has 2 N–H and O–H groups in total. The van der Waals surface area contributed by atoms with Crippen molar-refractivity contribution in [3.05, 3.63) is 59.0 Å². The quantitative estimate of drug-likeness (QED) is 0.637. The van der Waals surface area contributed by atoms with E-state index >= 15 is 0 Å². The van der Waals surface area contributed by atoms with Crippen LogP contribution in [0.1, 0.15) is 41.4 Å². The van der Waals surface area contributed by atoms with E-state index in [9.17, 15) is 9.59 Å². The first-order chi connectivity index (χ1) is 13.6. The monoisotopic (exact) mass is 395 g/mol. The van der Waals surface area contributed by atoms with Crippen molar-refractivity contribution < 1.29 is 9.59 Å². The van der Waals surface area contributed by atoms with Crippen molar-refractivity contribution >= 4 is 28.8 Å². The Balaban J connectivity index is 1.64. The Labute approximate surface area is 167 Å². The van der Waals surface area contributed by atoms with Crippen LogP contribution in [0.5, 0.6) is 0 Å². The number of thiazole rings is 1. The molecule has 0 atom stereocenters. The smallest absolute Gasteiger partial charge is 0.251 e. The maximum absolute atomic E-state index is 12.5. The second-order valence-corrected chi connectivity index (χ2v) is 7.10. The zero-order chi connectivity index (χ0) is 19.9. The summed E-state index contributed by atoms with van der Waals surface area (Å²) in [7, 11) is 0. The summed E-state index contributed by atoms with van der Waals surface area (Å²) < 4.78 is 0. The number of benzene rings is 1. The molecular formula is C20H21N5O2S. The van der Waals surface area contributed by atoms with Gasteiger partial charge in [0.15, 0.2) is 0 Å². The van der Waals surface area contributed by atoms with Crippen LogP contribution >= 0.6 is 11.3 Å². The van der Waals surface area contributed by atoms with Gasteiger partial charge in [0, 0.05) is 35.4 Å². The van der Waals surface area contributed by atoms with Crippen LogP contribution in [0, 0.1) is 6.92 Å². The number of nitrogens with one attached hydrogen (secondary N) is 2. The molecule has 2 heterocycles. The van der Waals surface area contributed by atoms with Gasteiger partial charge in [-0.1, -0.05) is 13.0 Å². The number of rotatable bonds is 7. The van der Waals surface area contributed by atoms with Crippen LogP contribution in [0.2, 0.25) is 0 Å². The molecule has 3 aromatic rings. The number of carbonyl (C=O) groups is 2. The van der Waals surface area contributed by atoms with Gasteiger partial charge in [-0.3, -0.25) is 19.6 Å². The van der Waals surface area contributed by atoms with E-state index in [0.29, 0.717) is 29.9 Å². The SMILES string of the molecule is CCCC(=O)Nc1cc(C(=O)NCc2csc(-c3cnccn3)n2)ccc1C. The Kier molecular flexibility index (Phi) is 6.44. The van der Waals surface area contributed by atoms with Gasteiger partial charge < -0.3 is 10.6 Å². The first kappa shape index (κ1) is 19.6. The highest BCUT2D eigenvalue weighted by Gasteiger charge is 2.11. The van der Waals surface area contributed by atoms with Crippen molar-refractivity contribution in [2.45, 2.75) is 33.2 Å². The number of amides is 2. The van der Waals surface area contributed by atoms with Gasteiger partial charge in [0.1, 0.15) is 10.7 Å². The van der Waals surface area contributed by atoms with Crippen LogP contribution < -0.4 is 10.6 Å². The Bertz CT molecular complexity index is 972. The van der Waals surface area contributed by atoms with Crippen LogP contribution in [0.3, 0.4) is 0 Å². The van der Waals surface area contributed by atoms with Gasteiger partial charge in [-0.05, 0) is 31.0 Å². The summed E-state index contributed by atoms with van der Waals surface area (Å²) in [6, 6.07) is 5.27. The predicted molar refractivity (Wildman–Crippen MR) is 109 cm³/mol. The standard InChI is InChI=1S/C20H21N5O2S/c1-3-4-18(26)25-16-9-14(6-5-13(16)2)19(27)23-10-15-12-28-20(24-15)17-11-21-7-8-22-17/h5-9,11-12H,3-4,10H2,1-2H3,(H,23,27)(H,25,26). The van der Waals surface area contributed by atoms with Gasteiger partial charge in [-0.15, -0.1) is 11.3 Å². The molecule has 0 saturated heterocycles. The van der Waals surface area contributed by atoms with Gasteiger partial charge in [0.25, 0.3) is 5.91 Å². The largest absolute Gasteiger partial charge is 0.346 e. The average Bonchev–Trinajstić information content (AvgIpc) is 3.18. The zero-order valence-corrected chi connectivity index (χ0v) is 16.5. The molecule has 3 rings (SSSR count). The molecule has 2 aromatic heterocycles. The molecule has 0 radical (unpaired) electrons. The lowest BCUT2D eigenvalue weighted by atomic mass is 10.1. The van der Waals surface area contributed by atoms with E-state index in [1.807, 2.05) is 25.3 Å². The summed E-state index contributed by atoms with van der Waals surface area (Å²) in [6.07, 6.45) is 6.11. The van der Waals surface area contributed by atoms with Crippen molar-refractivity contribution in [3.63, 3.8) is 0 Å². The van der Waals surface area contributed by atoms with Gasteiger partial charge in [-0.25, -0.2) is 4.98 Å². The summed E-state index contributed by atoms with van der Waals surface area (Å²) in [6.45, 7) is 4.15. The lowest BCUT2D eigenvalue weighted by Gasteiger charge is -2.10. The summed E-state index contributed by atoms with van der Waals surface area (Å²) in [5, 5.41) is 8.36. The number of aryl methyl sites for hydroxylation is 1. The molecule has 2 amide bonds. The van der Waals surface area contributed by atoms with Gasteiger partial charge in [0.05, 0.1) is 18.4 Å². The fraction of sp³-hybridized carbons (Fsp3) is 0.250. The lowest BCUT2D eigenvalue weighted by molar-refractivity contribution is -0.116. The number of aromatic nitrogens is 3. The fourth-order valence-corrected chi connectivity index (χ4v) is 3.31. The Morgan fingerprint density at radius 3 is 2.82 bits per heavy atom. The third kappa shape index (κ3) is 4.98. The van der Waals surface area contributed by atoms with E-state index in [-0.39, 0.29) is 11.8 Å². The summed E-state index contributed by atoms with van der Waals surface area (Å²) in [5.41, 5.74) is 3.51. The van der Waals surface area contributed by atoms with Crippen LogP contribution in [0.25, 0.3) is 10.7 Å². The maximum Gasteiger partial charge on any atom is 0.251 e. The molecular weight excluding hydrogens is 374 g/mol. The summed E-state index contributed by atoms with van der Waals surface area (Å²) in [5.74, 6) is -0.276. The third-order valence-corrected chi connectivity index (χ3v) is 4.93. The third-order valence-electron chi connectivity index (χ3n) is 4.02. The second kappa shape index (κ2) is 9.18. The van der Waals surface area contributed by atoms with Gasteiger partial charge in [-0.2, -0.15) is 0 Å². The number of nitrogens with zero attached hydrogens (tertiary/aromatic N) is 3. The molecule has 0 bridgehead atoms. The predicted octanol–water partition coefficient (Wildman–Crippen LogP) is 3.58. The number of hydrogen-bond donors (Lipinski definition) is 2. The fourth-order valence-electron chi connectivity index (χ4n) is 2.53. The molecule has 8 heteroatoms. The van der Waals surface area contributed by atoms with Crippen LogP contribution in [-0.4, -0.2) is 26.8 Å². The normalized spacial score (nSPS) is 10.5. The molecule has 0 saturated carbocycles. The van der Waals surface area contributed by atoms with Crippen molar-refractivity contribution in [2.24, 2.45) is 0 Å². The molecule has 0 fully saturated rings. The first-order valence-electron chi connectivity index (χ1n) is 8.96. The Morgan fingerprint density at radius 2 is 2.07 bits per heavy atom. The molecule has 7 nitrogen and oxygen atoms in total. The summed E-state index contributed by atoms with van der Waals surface area (Å²) in [4.78, 5) is 37.1. The molecule has 0 aliphatic heterocycles. The molecule has 28 heavy (non-hydrogen) atoms. The van der Waals surface area contributed by atoms with E-state index in [0.717, 1.165) is 22.7 Å². The number of anilines is 1. The lowest BCUT2D eigenvalue weighted by Crippen LogP contribution is -2.23. The molecule has 0 aliphatic rings.